The highest BCUT2D eigenvalue weighted by atomic mass is 16.6. The highest BCUT2D eigenvalue weighted by molar-refractivity contribution is 5.99. The molecule has 0 saturated carbocycles. The fourth-order valence-corrected chi connectivity index (χ4v) is 1.16. The van der Waals surface area contributed by atoms with Gasteiger partial charge in [-0.15, -0.1) is 0 Å². The van der Waals surface area contributed by atoms with Crippen molar-refractivity contribution in [2.24, 2.45) is 5.73 Å². The largest absolute Gasteiger partial charge is 0.319 e. The van der Waals surface area contributed by atoms with Crippen LogP contribution in [0.2, 0.25) is 0 Å². The highest BCUT2D eigenvalue weighted by Gasteiger charge is 2.27. The summed E-state index contributed by atoms with van der Waals surface area (Å²) in [5.74, 6) is -0.436. The van der Waals surface area contributed by atoms with Crippen LogP contribution in [0.15, 0.2) is 24.3 Å². The lowest BCUT2D eigenvalue weighted by atomic mass is 9.99. The molecule has 1 aromatic rings. The molecule has 92 valence electrons. The fraction of sp³-hybridized carbons (Fsp3) is 0.364. The van der Waals surface area contributed by atoms with Gasteiger partial charge in [-0.3, -0.25) is 14.9 Å². The Hall–Kier alpha value is -1.95. The Bertz CT molecular complexity index is 443. The number of anilines is 1. The van der Waals surface area contributed by atoms with Crippen molar-refractivity contribution in [3.63, 3.8) is 0 Å². The van der Waals surface area contributed by atoms with E-state index in [2.05, 4.69) is 5.32 Å². The molecule has 6 heteroatoms. The first-order valence-corrected chi connectivity index (χ1v) is 5.22. The van der Waals surface area contributed by atoms with Crippen molar-refractivity contribution in [1.82, 2.24) is 0 Å². The Morgan fingerprint density at radius 1 is 1.53 bits per heavy atom. The quantitative estimate of drug-likeness (QED) is 0.614. The maximum atomic E-state index is 11.8. The van der Waals surface area contributed by atoms with Crippen molar-refractivity contribution >= 4 is 17.3 Å². The van der Waals surface area contributed by atoms with E-state index in [0.717, 1.165) is 0 Å². The van der Waals surface area contributed by atoms with Crippen LogP contribution in [0.1, 0.15) is 20.3 Å². The molecule has 1 aromatic carbocycles. The van der Waals surface area contributed by atoms with E-state index in [9.17, 15) is 14.9 Å². The molecule has 6 nitrogen and oxygen atoms in total. The number of nitrogens with two attached hydrogens (primary N) is 1. The first-order chi connectivity index (χ1) is 7.88. The van der Waals surface area contributed by atoms with Gasteiger partial charge in [0.1, 0.15) is 5.69 Å². The molecule has 0 heterocycles. The topological polar surface area (TPSA) is 98.3 Å². The number of nitro benzene ring substituents is 1. The van der Waals surface area contributed by atoms with Crippen molar-refractivity contribution in [1.29, 1.82) is 0 Å². The minimum atomic E-state index is -1.04. The number of benzene rings is 1. The van der Waals surface area contributed by atoms with E-state index in [1.807, 2.05) is 0 Å². The van der Waals surface area contributed by atoms with E-state index in [1.54, 1.807) is 19.9 Å². The first kappa shape index (κ1) is 13.1. The van der Waals surface area contributed by atoms with Gasteiger partial charge < -0.3 is 11.1 Å². The molecule has 1 unspecified atom stereocenters. The van der Waals surface area contributed by atoms with Gasteiger partial charge >= 0.3 is 0 Å². The predicted octanol–water partition coefficient (Wildman–Crippen LogP) is 1.66. The number of hydrogen-bond acceptors (Lipinski definition) is 4. The number of carbonyl (C=O) groups is 1. The smallest absolute Gasteiger partial charge is 0.292 e. The Kier molecular flexibility index (Phi) is 3.80. The maximum Gasteiger partial charge on any atom is 0.292 e. The second kappa shape index (κ2) is 4.92. The number of nitrogens with zero attached hydrogens (tertiary/aromatic N) is 1. The lowest BCUT2D eigenvalue weighted by Crippen LogP contribution is -2.47. The van der Waals surface area contributed by atoms with Gasteiger partial charge in [-0.1, -0.05) is 19.1 Å². The van der Waals surface area contributed by atoms with Gasteiger partial charge in [0.05, 0.1) is 10.5 Å². The molecule has 1 rings (SSSR count). The van der Waals surface area contributed by atoms with Crippen LogP contribution >= 0.6 is 0 Å². The highest BCUT2D eigenvalue weighted by Crippen LogP contribution is 2.24. The average Bonchev–Trinajstić information content (AvgIpc) is 2.29. The zero-order chi connectivity index (χ0) is 13.1. The standard InChI is InChI=1S/C11H15N3O3/c1-3-11(2,12)10(15)13-8-6-4-5-7-9(8)14(16)17/h4-7H,3,12H2,1-2H3,(H,13,15). The summed E-state index contributed by atoms with van der Waals surface area (Å²) >= 11 is 0. The SMILES string of the molecule is CCC(C)(N)C(=O)Nc1ccccc1[N+](=O)[O-]. The number of carbonyl (C=O) groups excluding carboxylic acids is 1. The molecule has 0 spiro atoms. The molecular formula is C11H15N3O3. The zero-order valence-electron chi connectivity index (χ0n) is 9.77. The maximum absolute atomic E-state index is 11.8. The third-order valence-electron chi connectivity index (χ3n) is 2.60. The second-order valence-electron chi connectivity index (χ2n) is 4.00. The van der Waals surface area contributed by atoms with Crippen molar-refractivity contribution in [3.8, 4) is 0 Å². The molecule has 3 N–H and O–H groups in total. The molecule has 0 aliphatic carbocycles. The molecule has 1 atom stereocenters. The van der Waals surface area contributed by atoms with Crippen molar-refractivity contribution < 1.29 is 9.72 Å². The van der Waals surface area contributed by atoms with Crippen molar-refractivity contribution in [2.75, 3.05) is 5.32 Å². The molecular weight excluding hydrogens is 222 g/mol. The summed E-state index contributed by atoms with van der Waals surface area (Å²) in [4.78, 5) is 22.0. The van der Waals surface area contributed by atoms with Crippen LogP contribution in [0.4, 0.5) is 11.4 Å². The van der Waals surface area contributed by atoms with Crippen LogP contribution < -0.4 is 11.1 Å². The molecule has 17 heavy (non-hydrogen) atoms. The van der Waals surface area contributed by atoms with Gasteiger partial charge in [0, 0.05) is 6.07 Å². The fourth-order valence-electron chi connectivity index (χ4n) is 1.16. The molecule has 1 amide bonds. The van der Waals surface area contributed by atoms with Gasteiger partial charge in [0.15, 0.2) is 0 Å². The summed E-state index contributed by atoms with van der Waals surface area (Å²) < 4.78 is 0. The van der Waals surface area contributed by atoms with E-state index in [1.165, 1.54) is 18.2 Å². The van der Waals surface area contributed by atoms with Gasteiger partial charge in [-0.25, -0.2) is 0 Å². The van der Waals surface area contributed by atoms with Gasteiger partial charge in [0.2, 0.25) is 5.91 Å². The summed E-state index contributed by atoms with van der Waals surface area (Å²) in [5, 5.41) is 13.2. The number of hydrogen-bond donors (Lipinski definition) is 2. The van der Waals surface area contributed by atoms with Gasteiger partial charge in [-0.05, 0) is 19.4 Å². The minimum Gasteiger partial charge on any atom is -0.319 e. The normalized spacial score (nSPS) is 13.8. The number of rotatable bonds is 4. The van der Waals surface area contributed by atoms with Gasteiger partial charge in [-0.2, -0.15) is 0 Å². The number of para-hydroxylation sites is 2. The second-order valence-corrected chi connectivity index (χ2v) is 4.00. The third kappa shape index (κ3) is 3.01. The van der Waals surface area contributed by atoms with E-state index < -0.39 is 16.4 Å². The first-order valence-electron chi connectivity index (χ1n) is 5.22. The lowest BCUT2D eigenvalue weighted by molar-refractivity contribution is -0.383. The van der Waals surface area contributed by atoms with Crippen molar-refractivity contribution in [3.05, 3.63) is 34.4 Å². The molecule has 0 bridgehead atoms. The van der Waals surface area contributed by atoms with E-state index in [0.29, 0.717) is 6.42 Å². The Balaban J connectivity index is 2.97. The molecule has 0 aliphatic heterocycles. The Morgan fingerprint density at radius 2 is 2.12 bits per heavy atom. The average molecular weight is 237 g/mol. The van der Waals surface area contributed by atoms with Gasteiger partial charge in [0.25, 0.3) is 5.69 Å². The van der Waals surface area contributed by atoms with Crippen LogP contribution in [-0.4, -0.2) is 16.4 Å². The predicted molar refractivity (Wildman–Crippen MR) is 64.6 cm³/mol. The van der Waals surface area contributed by atoms with Crippen LogP contribution in [-0.2, 0) is 4.79 Å². The van der Waals surface area contributed by atoms with E-state index in [-0.39, 0.29) is 11.4 Å². The Morgan fingerprint density at radius 3 is 2.65 bits per heavy atom. The molecule has 0 fully saturated rings. The van der Waals surface area contributed by atoms with Crippen LogP contribution in [0.5, 0.6) is 0 Å². The summed E-state index contributed by atoms with van der Waals surface area (Å²) in [6, 6.07) is 5.95. The molecule has 0 aromatic heterocycles. The monoisotopic (exact) mass is 237 g/mol. The van der Waals surface area contributed by atoms with E-state index >= 15 is 0 Å². The number of nitro groups is 1. The van der Waals surface area contributed by atoms with Crippen molar-refractivity contribution in [2.45, 2.75) is 25.8 Å². The zero-order valence-corrected chi connectivity index (χ0v) is 9.77. The van der Waals surface area contributed by atoms with Crippen LogP contribution in [0, 0.1) is 10.1 Å². The minimum absolute atomic E-state index is 0.146. The number of nitrogens with one attached hydrogen (secondary N) is 1. The summed E-state index contributed by atoms with van der Waals surface area (Å²) in [5.41, 5.74) is 4.73. The molecule has 0 radical (unpaired) electrons. The Labute approximate surface area is 99.0 Å². The molecule has 0 aliphatic rings. The number of amides is 1. The molecule has 0 saturated heterocycles. The summed E-state index contributed by atoms with van der Waals surface area (Å²) in [6.45, 7) is 3.36. The van der Waals surface area contributed by atoms with Crippen LogP contribution in [0.25, 0.3) is 0 Å². The lowest BCUT2D eigenvalue weighted by Gasteiger charge is -2.21. The summed E-state index contributed by atoms with van der Waals surface area (Å²) in [7, 11) is 0. The van der Waals surface area contributed by atoms with Crippen LogP contribution in [0.3, 0.4) is 0 Å². The summed E-state index contributed by atoms with van der Waals surface area (Å²) in [6.07, 6.45) is 0.444. The van der Waals surface area contributed by atoms with E-state index in [4.69, 9.17) is 5.73 Å². The third-order valence-corrected chi connectivity index (χ3v) is 2.60.